The van der Waals surface area contributed by atoms with Crippen LogP contribution in [0.5, 0.6) is 17.2 Å². The third-order valence-corrected chi connectivity index (χ3v) is 7.25. The van der Waals surface area contributed by atoms with Crippen LogP contribution in [0, 0.1) is 0 Å². The summed E-state index contributed by atoms with van der Waals surface area (Å²) < 4.78 is 17.4. The van der Waals surface area contributed by atoms with Gasteiger partial charge in [0.15, 0.2) is 6.61 Å². The van der Waals surface area contributed by atoms with Crippen molar-refractivity contribution in [3.05, 3.63) is 113 Å². The summed E-state index contributed by atoms with van der Waals surface area (Å²) in [6.07, 6.45) is 1.81. The minimum Gasteiger partial charge on any atom is -0.497 e. The Balaban J connectivity index is 1.32. The first-order valence-electron chi connectivity index (χ1n) is 12.6. The second kappa shape index (κ2) is 13.1. The second-order valence-corrected chi connectivity index (χ2v) is 10.4. The fraction of sp³-hybridized carbons (Fsp3) is 0.0938. The number of para-hydroxylation sites is 1. The molecule has 5 rings (SSSR count). The van der Waals surface area contributed by atoms with Crippen molar-refractivity contribution in [3.8, 4) is 17.2 Å². The van der Waals surface area contributed by atoms with Gasteiger partial charge in [-0.1, -0.05) is 35.9 Å². The number of carbonyl (C=O) groups excluding carboxylic acids is 2. The first-order chi connectivity index (χ1) is 19.9. The highest BCUT2D eigenvalue weighted by Gasteiger charge is 2.16. The van der Waals surface area contributed by atoms with E-state index in [1.54, 1.807) is 55.6 Å². The van der Waals surface area contributed by atoms with E-state index in [4.69, 9.17) is 30.8 Å². The summed E-state index contributed by atoms with van der Waals surface area (Å²) >= 11 is 7.46. The predicted molar refractivity (Wildman–Crippen MR) is 163 cm³/mol. The fourth-order valence-corrected chi connectivity index (χ4v) is 5.03. The molecule has 0 radical (unpaired) electrons. The Morgan fingerprint density at radius 1 is 0.902 bits per heavy atom. The van der Waals surface area contributed by atoms with Crippen LogP contribution in [0.1, 0.15) is 17.0 Å². The largest absolute Gasteiger partial charge is 0.497 e. The molecule has 1 N–H and O–H groups in total. The number of amides is 1. The van der Waals surface area contributed by atoms with Crippen molar-refractivity contribution in [3.63, 3.8) is 0 Å². The topological polar surface area (TPSA) is 86.8 Å². The lowest BCUT2D eigenvalue weighted by Crippen LogP contribution is -2.20. The molecule has 0 fully saturated rings. The number of esters is 1. The Morgan fingerprint density at radius 3 is 2.41 bits per heavy atom. The van der Waals surface area contributed by atoms with Crippen molar-refractivity contribution < 1.29 is 23.8 Å². The van der Waals surface area contributed by atoms with Crippen LogP contribution in [0.25, 0.3) is 21.9 Å². The van der Waals surface area contributed by atoms with Crippen LogP contribution >= 0.6 is 22.9 Å². The van der Waals surface area contributed by atoms with Gasteiger partial charge in [0.25, 0.3) is 5.91 Å². The van der Waals surface area contributed by atoms with Crippen LogP contribution in [-0.4, -0.2) is 30.6 Å². The van der Waals surface area contributed by atoms with Gasteiger partial charge < -0.3 is 19.5 Å². The van der Waals surface area contributed by atoms with Crippen molar-refractivity contribution in [2.24, 2.45) is 0 Å². The van der Waals surface area contributed by atoms with E-state index in [2.05, 4.69) is 5.32 Å². The summed E-state index contributed by atoms with van der Waals surface area (Å²) in [6, 6.07) is 29.2. The molecule has 0 saturated carbocycles. The maximum absolute atomic E-state index is 12.9. The van der Waals surface area contributed by atoms with Crippen LogP contribution in [0.2, 0.25) is 5.02 Å². The average molecular weight is 585 g/mol. The third-order valence-electron chi connectivity index (χ3n) is 5.89. The average Bonchev–Trinajstić information content (AvgIpc) is 3.42. The van der Waals surface area contributed by atoms with Gasteiger partial charge in [0.1, 0.15) is 22.3 Å². The van der Waals surface area contributed by atoms with Gasteiger partial charge in [-0.3, -0.25) is 9.59 Å². The van der Waals surface area contributed by atoms with Gasteiger partial charge in [-0.25, -0.2) is 4.98 Å². The molecule has 0 aliphatic rings. The predicted octanol–water partition coefficient (Wildman–Crippen LogP) is 7.86. The molecule has 206 valence electrons. The first-order valence-corrected chi connectivity index (χ1v) is 13.8. The third kappa shape index (κ3) is 7.72. The summed E-state index contributed by atoms with van der Waals surface area (Å²) in [6.45, 7) is -0.414. The zero-order chi connectivity index (χ0) is 28.6. The number of aromatic nitrogens is 1. The molecular weight excluding hydrogens is 560 g/mol. The van der Waals surface area contributed by atoms with E-state index in [9.17, 15) is 9.59 Å². The monoisotopic (exact) mass is 584 g/mol. The molecule has 1 heterocycles. The molecule has 4 aromatic carbocycles. The number of halogens is 1. The fourth-order valence-electron chi connectivity index (χ4n) is 3.93. The molecule has 0 atom stereocenters. The molecule has 0 bridgehead atoms. The van der Waals surface area contributed by atoms with Gasteiger partial charge in [0.2, 0.25) is 0 Å². The number of ether oxygens (including phenoxy) is 3. The van der Waals surface area contributed by atoms with E-state index >= 15 is 0 Å². The summed E-state index contributed by atoms with van der Waals surface area (Å²) in [7, 11) is 1.57. The summed E-state index contributed by atoms with van der Waals surface area (Å²) in [5.74, 6) is 0.960. The normalized spacial score (nSPS) is 11.2. The molecule has 9 heteroatoms. The van der Waals surface area contributed by atoms with Crippen molar-refractivity contribution in [1.29, 1.82) is 0 Å². The van der Waals surface area contributed by atoms with Crippen LogP contribution in [-0.2, 0) is 14.3 Å². The van der Waals surface area contributed by atoms with Crippen molar-refractivity contribution in [2.45, 2.75) is 6.42 Å². The van der Waals surface area contributed by atoms with E-state index in [1.807, 2.05) is 54.6 Å². The molecule has 41 heavy (non-hydrogen) atoms. The number of hydrogen-bond acceptors (Lipinski definition) is 7. The molecule has 7 nitrogen and oxygen atoms in total. The van der Waals surface area contributed by atoms with Crippen LogP contribution < -0.4 is 14.8 Å². The Hall–Kier alpha value is -4.66. The van der Waals surface area contributed by atoms with Gasteiger partial charge in [-0.05, 0) is 90.0 Å². The van der Waals surface area contributed by atoms with E-state index in [0.29, 0.717) is 38.5 Å². The van der Waals surface area contributed by atoms with Gasteiger partial charge >= 0.3 is 5.97 Å². The van der Waals surface area contributed by atoms with Crippen molar-refractivity contribution in [2.75, 3.05) is 19.0 Å². The van der Waals surface area contributed by atoms with Gasteiger partial charge in [0, 0.05) is 10.7 Å². The number of hydrogen-bond donors (Lipinski definition) is 1. The Labute approximate surface area is 246 Å². The quantitative estimate of drug-likeness (QED) is 0.168. The summed E-state index contributed by atoms with van der Waals surface area (Å²) in [5.41, 5.74) is 2.89. The lowest BCUT2D eigenvalue weighted by Gasteiger charge is -2.09. The maximum Gasteiger partial charge on any atom is 0.310 e. The van der Waals surface area contributed by atoms with E-state index in [1.165, 1.54) is 11.3 Å². The first kappa shape index (κ1) is 27.9. The minimum atomic E-state index is -0.547. The molecule has 0 aliphatic heterocycles. The number of carbonyl (C=O) groups is 2. The molecule has 0 unspecified atom stereocenters. The SMILES string of the molecule is COc1ccc(NC(=O)COC(=O)C/C(=C/c2cccc(Oc3ccc(Cl)cc3)c2)c2nc3ccccc3s2)cc1. The summed E-state index contributed by atoms with van der Waals surface area (Å²) in [5, 5.41) is 4.02. The zero-order valence-corrected chi connectivity index (χ0v) is 23.6. The van der Waals surface area contributed by atoms with E-state index in [0.717, 1.165) is 15.8 Å². The molecular formula is C32H25ClN2O5S. The highest BCUT2D eigenvalue weighted by atomic mass is 35.5. The highest BCUT2D eigenvalue weighted by molar-refractivity contribution is 7.19. The van der Waals surface area contributed by atoms with Gasteiger partial charge in [-0.2, -0.15) is 0 Å². The lowest BCUT2D eigenvalue weighted by atomic mass is 10.1. The van der Waals surface area contributed by atoms with Crippen LogP contribution in [0.3, 0.4) is 0 Å². The number of methoxy groups -OCH3 is 1. The molecule has 1 aromatic heterocycles. The molecule has 0 saturated heterocycles. The standard InChI is InChI=1S/C32H25ClN2O5S/c1-38-25-15-11-24(12-16-25)34-30(36)20-39-31(37)19-22(32-35-28-7-2-3-8-29(28)41-32)17-21-5-4-6-27(18-21)40-26-13-9-23(33)10-14-26/h2-18H,19-20H2,1H3,(H,34,36)/b22-17-. The number of fused-ring (bicyclic) bond motifs is 1. The van der Waals surface area contributed by atoms with Gasteiger partial charge in [-0.15, -0.1) is 11.3 Å². The summed E-state index contributed by atoms with van der Waals surface area (Å²) in [4.78, 5) is 30.0. The zero-order valence-electron chi connectivity index (χ0n) is 22.0. The van der Waals surface area contributed by atoms with Crippen LogP contribution in [0.15, 0.2) is 97.1 Å². The van der Waals surface area contributed by atoms with Crippen molar-refractivity contribution >= 4 is 62.4 Å². The second-order valence-electron chi connectivity index (χ2n) is 8.90. The number of benzene rings is 4. The molecule has 0 spiro atoms. The highest BCUT2D eigenvalue weighted by Crippen LogP contribution is 2.32. The Morgan fingerprint density at radius 2 is 1.66 bits per heavy atom. The lowest BCUT2D eigenvalue weighted by molar-refractivity contribution is -0.146. The molecule has 1 amide bonds. The van der Waals surface area contributed by atoms with Crippen molar-refractivity contribution in [1.82, 2.24) is 4.98 Å². The minimum absolute atomic E-state index is 0.0715. The smallest absolute Gasteiger partial charge is 0.310 e. The molecule has 0 aliphatic carbocycles. The number of anilines is 1. The van der Waals surface area contributed by atoms with Crippen LogP contribution in [0.4, 0.5) is 5.69 Å². The van der Waals surface area contributed by atoms with E-state index in [-0.39, 0.29) is 6.42 Å². The number of nitrogens with one attached hydrogen (secondary N) is 1. The van der Waals surface area contributed by atoms with Gasteiger partial charge in [0.05, 0.1) is 23.7 Å². The number of thiazole rings is 1. The molecule has 5 aromatic rings. The Bertz CT molecular complexity index is 1660. The number of nitrogens with zero attached hydrogens (tertiary/aromatic N) is 1. The van der Waals surface area contributed by atoms with E-state index < -0.39 is 18.5 Å². The Kier molecular flexibility index (Phi) is 8.93. The maximum atomic E-state index is 12.9. The number of rotatable bonds is 10.